The number of hydrogen-bond acceptors (Lipinski definition) is 3. The van der Waals surface area contributed by atoms with E-state index < -0.39 is 11.9 Å². The van der Waals surface area contributed by atoms with Crippen LogP contribution in [0, 0.1) is 11.8 Å². The van der Waals surface area contributed by atoms with Gasteiger partial charge in [0.1, 0.15) is 6.10 Å². The van der Waals surface area contributed by atoms with Gasteiger partial charge in [-0.2, -0.15) is 0 Å². The number of amides is 2. The van der Waals surface area contributed by atoms with Crippen LogP contribution in [0.15, 0.2) is 30.3 Å². The molecule has 3 rings (SSSR count). The molecule has 6 nitrogen and oxygen atoms in total. The van der Waals surface area contributed by atoms with Crippen LogP contribution < -0.4 is 5.32 Å². The second-order valence-electron chi connectivity index (χ2n) is 6.83. The van der Waals surface area contributed by atoms with Crippen LogP contribution in [-0.4, -0.2) is 47.7 Å². The lowest BCUT2D eigenvalue weighted by Gasteiger charge is -2.35. The maximum absolute atomic E-state index is 12.6. The van der Waals surface area contributed by atoms with Crippen LogP contribution in [0.3, 0.4) is 0 Å². The Morgan fingerprint density at radius 2 is 2.00 bits per heavy atom. The smallest absolute Gasteiger partial charge is 0.317 e. The molecule has 2 fully saturated rings. The standard InChI is InChI=1S/C18H24N2O4/c1-12-9-14(17(21)22)11-20(10-12)18(23)19-15-7-8-24-16(15)13-5-3-2-4-6-13/h2-6,12,14-16H,7-11H2,1H3,(H,19,23)(H,21,22). The number of carboxylic acid groups (broad SMARTS) is 1. The normalized spacial score (nSPS) is 30.1. The van der Waals surface area contributed by atoms with Crippen LogP contribution in [0.2, 0.25) is 0 Å². The van der Waals surface area contributed by atoms with Crippen molar-refractivity contribution >= 4 is 12.0 Å². The number of carbonyl (C=O) groups excluding carboxylic acids is 1. The highest BCUT2D eigenvalue weighted by molar-refractivity contribution is 5.77. The summed E-state index contributed by atoms with van der Waals surface area (Å²) >= 11 is 0. The minimum absolute atomic E-state index is 0.0830. The molecule has 4 unspecified atom stereocenters. The van der Waals surface area contributed by atoms with E-state index in [0.717, 1.165) is 12.0 Å². The van der Waals surface area contributed by atoms with Crippen molar-refractivity contribution in [1.82, 2.24) is 10.2 Å². The number of nitrogens with zero attached hydrogens (tertiary/aromatic N) is 1. The lowest BCUT2D eigenvalue weighted by atomic mass is 9.91. The fraction of sp³-hybridized carbons (Fsp3) is 0.556. The van der Waals surface area contributed by atoms with Crippen molar-refractivity contribution < 1.29 is 19.4 Å². The molecule has 6 heteroatoms. The van der Waals surface area contributed by atoms with Crippen molar-refractivity contribution in [3.05, 3.63) is 35.9 Å². The van der Waals surface area contributed by atoms with Gasteiger partial charge in [-0.25, -0.2) is 4.79 Å². The number of nitrogens with one attached hydrogen (secondary N) is 1. The summed E-state index contributed by atoms with van der Waals surface area (Å²) in [5.41, 5.74) is 1.05. The molecule has 2 amide bonds. The Labute approximate surface area is 141 Å². The monoisotopic (exact) mass is 332 g/mol. The summed E-state index contributed by atoms with van der Waals surface area (Å²) in [7, 11) is 0. The molecule has 0 saturated carbocycles. The largest absolute Gasteiger partial charge is 0.481 e. The number of carboxylic acids is 1. The third-order valence-electron chi connectivity index (χ3n) is 4.82. The van der Waals surface area contributed by atoms with E-state index in [9.17, 15) is 14.7 Å². The van der Waals surface area contributed by atoms with Crippen molar-refractivity contribution in [2.75, 3.05) is 19.7 Å². The van der Waals surface area contributed by atoms with Gasteiger partial charge in [0.25, 0.3) is 0 Å². The number of aliphatic carboxylic acids is 1. The predicted octanol–water partition coefficient (Wildman–Crippen LogP) is 2.27. The van der Waals surface area contributed by atoms with Crippen LogP contribution in [0.4, 0.5) is 4.79 Å². The van der Waals surface area contributed by atoms with E-state index in [4.69, 9.17) is 4.74 Å². The quantitative estimate of drug-likeness (QED) is 0.890. The molecular formula is C18H24N2O4. The number of rotatable bonds is 3. The van der Waals surface area contributed by atoms with Gasteiger partial charge < -0.3 is 20.1 Å². The highest BCUT2D eigenvalue weighted by Crippen LogP contribution is 2.29. The molecule has 2 aliphatic heterocycles. The summed E-state index contributed by atoms with van der Waals surface area (Å²) in [5.74, 6) is -1.12. The van der Waals surface area contributed by atoms with Crippen LogP contribution in [-0.2, 0) is 9.53 Å². The van der Waals surface area contributed by atoms with Gasteiger partial charge in [0.2, 0.25) is 0 Å². The second-order valence-corrected chi connectivity index (χ2v) is 6.83. The molecular weight excluding hydrogens is 308 g/mol. The van der Waals surface area contributed by atoms with Crippen molar-refractivity contribution in [2.45, 2.75) is 31.9 Å². The lowest BCUT2D eigenvalue weighted by Crippen LogP contribution is -2.52. The Kier molecular flexibility index (Phi) is 5.04. The summed E-state index contributed by atoms with van der Waals surface area (Å²) in [4.78, 5) is 25.5. The highest BCUT2D eigenvalue weighted by Gasteiger charge is 2.35. The zero-order chi connectivity index (χ0) is 17.1. The average Bonchev–Trinajstić information content (AvgIpc) is 3.03. The number of hydrogen-bond donors (Lipinski definition) is 2. The molecule has 1 aromatic rings. The zero-order valence-corrected chi connectivity index (χ0v) is 13.9. The Balaban J connectivity index is 1.64. The van der Waals surface area contributed by atoms with Crippen LogP contribution in [0.5, 0.6) is 0 Å². The minimum atomic E-state index is -0.828. The van der Waals surface area contributed by atoms with E-state index in [1.165, 1.54) is 0 Å². The molecule has 1 aromatic carbocycles. The fourth-order valence-electron chi connectivity index (χ4n) is 3.65. The van der Waals surface area contributed by atoms with Gasteiger partial charge in [-0.05, 0) is 24.3 Å². The van der Waals surface area contributed by atoms with E-state index in [-0.39, 0.29) is 30.6 Å². The van der Waals surface area contributed by atoms with Crippen molar-refractivity contribution in [3.63, 3.8) is 0 Å². The van der Waals surface area contributed by atoms with Gasteiger partial charge in [-0.3, -0.25) is 4.79 Å². The van der Waals surface area contributed by atoms with Gasteiger partial charge in [0.05, 0.1) is 12.0 Å². The van der Waals surface area contributed by atoms with Crippen LogP contribution in [0.1, 0.15) is 31.4 Å². The number of urea groups is 1. The predicted molar refractivity (Wildman–Crippen MR) is 88.6 cm³/mol. The zero-order valence-electron chi connectivity index (χ0n) is 13.9. The Bertz CT molecular complexity index is 592. The van der Waals surface area contributed by atoms with Crippen molar-refractivity contribution in [3.8, 4) is 0 Å². The first-order valence-electron chi connectivity index (χ1n) is 8.49. The van der Waals surface area contributed by atoms with E-state index in [0.29, 0.717) is 19.6 Å². The van der Waals surface area contributed by atoms with Crippen LogP contribution >= 0.6 is 0 Å². The Morgan fingerprint density at radius 1 is 1.25 bits per heavy atom. The fourth-order valence-corrected chi connectivity index (χ4v) is 3.65. The van der Waals surface area contributed by atoms with Gasteiger partial charge in [-0.1, -0.05) is 37.3 Å². The van der Waals surface area contributed by atoms with E-state index in [2.05, 4.69) is 5.32 Å². The summed E-state index contributed by atoms with van der Waals surface area (Å²) in [5, 5.41) is 12.3. The lowest BCUT2D eigenvalue weighted by molar-refractivity contribution is -0.143. The van der Waals surface area contributed by atoms with E-state index in [1.54, 1.807) is 4.90 Å². The number of likely N-dealkylation sites (tertiary alicyclic amines) is 1. The molecule has 2 aliphatic rings. The van der Waals surface area contributed by atoms with Gasteiger partial charge >= 0.3 is 12.0 Å². The number of piperidine rings is 1. The Hall–Kier alpha value is -2.08. The summed E-state index contributed by atoms with van der Waals surface area (Å²) in [6, 6.07) is 9.59. The number of benzene rings is 1. The third-order valence-corrected chi connectivity index (χ3v) is 4.82. The molecule has 24 heavy (non-hydrogen) atoms. The van der Waals surface area contributed by atoms with Crippen molar-refractivity contribution in [1.29, 1.82) is 0 Å². The highest BCUT2D eigenvalue weighted by atomic mass is 16.5. The Morgan fingerprint density at radius 3 is 2.71 bits per heavy atom. The first-order valence-corrected chi connectivity index (χ1v) is 8.49. The van der Waals surface area contributed by atoms with Gasteiger partial charge in [-0.15, -0.1) is 0 Å². The summed E-state index contributed by atoms with van der Waals surface area (Å²) in [6.07, 6.45) is 1.24. The molecule has 2 saturated heterocycles. The maximum Gasteiger partial charge on any atom is 0.317 e. The SMILES string of the molecule is CC1CC(C(=O)O)CN(C(=O)NC2CCOC2c2ccccc2)C1. The van der Waals surface area contributed by atoms with Crippen molar-refractivity contribution in [2.24, 2.45) is 11.8 Å². The summed E-state index contributed by atoms with van der Waals surface area (Å²) in [6.45, 7) is 3.47. The second kappa shape index (κ2) is 7.21. The molecule has 0 aliphatic carbocycles. The molecule has 4 atom stereocenters. The molecule has 0 spiro atoms. The van der Waals surface area contributed by atoms with Gasteiger partial charge in [0, 0.05) is 19.7 Å². The molecule has 130 valence electrons. The first kappa shape index (κ1) is 16.8. The van der Waals surface area contributed by atoms with Gasteiger partial charge in [0.15, 0.2) is 0 Å². The number of ether oxygens (including phenoxy) is 1. The topological polar surface area (TPSA) is 78.9 Å². The van der Waals surface area contributed by atoms with Crippen LogP contribution in [0.25, 0.3) is 0 Å². The molecule has 0 aromatic heterocycles. The van der Waals surface area contributed by atoms with E-state index >= 15 is 0 Å². The molecule has 0 radical (unpaired) electrons. The number of carbonyl (C=O) groups is 2. The first-order chi connectivity index (χ1) is 11.5. The molecule has 2 heterocycles. The molecule has 2 N–H and O–H groups in total. The summed E-state index contributed by atoms with van der Waals surface area (Å²) < 4.78 is 5.79. The third kappa shape index (κ3) is 3.70. The maximum atomic E-state index is 12.6. The minimum Gasteiger partial charge on any atom is -0.481 e. The molecule has 0 bridgehead atoms. The average molecular weight is 332 g/mol. The van der Waals surface area contributed by atoms with E-state index in [1.807, 2.05) is 37.3 Å².